The highest BCUT2D eigenvalue weighted by atomic mass is 32.1. The molecule has 1 aromatic carbocycles. The molecule has 0 unspecified atom stereocenters. The molecule has 0 aliphatic carbocycles. The summed E-state index contributed by atoms with van der Waals surface area (Å²) in [5, 5.41) is 3.47. The van der Waals surface area contributed by atoms with Gasteiger partial charge in [-0.15, -0.1) is 11.3 Å². The Morgan fingerprint density at radius 1 is 1.19 bits per heavy atom. The first kappa shape index (κ1) is 15.9. The molecule has 112 valence electrons. The van der Waals surface area contributed by atoms with Crippen LogP contribution in [0.2, 0.25) is 0 Å². The first-order valence-corrected chi connectivity index (χ1v) is 7.94. The van der Waals surface area contributed by atoms with E-state index in [-0.39, 0.29) is 11.4 Å². The average Bonchev–Trinajstić information content (AvgIpc) is 2.84. The van der Waals surface area contributed by atoms with Crippen molar-refractivity contribution in [1.82, 2.24) is 5.32 Å². The summed E-state index contributed by atoms with van der Waals surface area (Å²) >= 11 is 1.62. The van der Waals surface area contributed by atoms with Gasteiger partial charge in [0.05, 0.1) is 0 Å². The predicted octanol–water partition coefficient (Wildman–Crippen LogP) is 5.35. The van der Waals surface area contributed by atoms with E-state index in [2.05, 4.69) is 39.1 Å². The Balaban J connectivity index is 2.12. The Labute approximate surface area is 130 Å². The van der Waals surface area contributed by atoms with Crippen molar-refractivity contribution in [2.75, 3.05) is 6.54 Å². The molecule has 0 saturated heterocycles. The van der Waals surface area contributed by atoms with Crippen molar-refractivity contribution in [3.05, 3.63) is 52.7 Å². The standard InChI is InChI=1S/C18H22FNS/c1-13(12-20-18(2,3)4)11-14-9-10-17(21-14)15-7-5-6-8-16(15)19/h5-11,20H,12H2,1-4H3. The van der Waals surface area contributed by atoms with Crippen LogP contribution in [0.3, 0.4) is 0 Å². The lowest BCUT2D eigenvalue weighted by atomic mass is 10.1. The molecular formula is C18H22FNS. The van der Waals surface area contributed by atoms with Crippen molar-refractivity contribution in [3.8, 4) is 10.4 Å². The Morgan fingerprint density at radius 3 is 2.57 bits per heavy atom. The van der Waals surface area contributed by atoms with E-state index in [9.17, 15) is 4.39 Å². The van der Waals surface area contributed by atoms with Gasteiger partial charge in [0, 0.05) is 27.4 Å². The third-order valence-electron chi connectivity index (χ3n) is 3.05. The van der Waals surface area contributed by atoms with Crippen LogP contribution < -0.4 is 5.32 Å². The van der Waals surface area contributed by atoms with E-state index in [1.807, 2.05) is 24.3 Å². The van der Waals surface area contributed by atoms with Crippen molar-refractivity contribution in [2.24, 2.45) is 0 Å². The van der Waals surface area contributed by atoms with E-state index in [0.717, 1.165) is 16.3 Å². The van der Waals surface area contributed by atoms with Crippen LogP contribution in [-0.4, -0.2) is 12.1 Å². The molecule has 2 rings (SSSR count). The van der Waals surface area contributed by atoms with Gasteiger partial charge in [-0.1, -0.05) is 23.8 Å². The maximum Gasteiger partial charge on any atom is 0.131 e. The highest BCUT2D eigenvalue weighted by molar-refractivity contribution is 7.16. The fourth-order valence-corrected chi connectivity index (χ4v) is 3.00. The monoisotopic (exact) mass is 303 g/mol. The number of benzene rings is 1. The van der Waals surface area contributed by atoms with E-state index >= 15 is 0 Å². The fraction of sp³-hybridized carbons (Fsp3) is 0.333. The fourth-order valence-electron chi connectivity index (χ4n) is 1.93. The molecule has 3 heteroatoms. The van der Waals surface area contributed by atoms with Gasteiger partial charge in [-0.25, -0.2) is 4.39 Å². The maximum absolute atomic E-state index is 13.8. The van der Waals surface area contributed by atoms with Crippen molar-refractivity contribution in [2.45, 2.75) is 33.2 Å². The van der Waals surface area contributed by atoms with Crippen molar-refractivity contribution < 1.29 is 4.39 Å². The number of rotatable bonds is 4. The highest BCUT2D eigenvalue weighted by Crippen LogP contribution is 2.31. The molecule has 2 aromatic rings. The summed E-state index contributed by atoms with van der Waals surface area (Å²) in [5.74, 6) is -0.166. The molecule has 0 aliphatic rings. The molecule has 1 aromatic heterocycles. The second-order valence-corrected chi connectivity index (χ2v) is 7.39. The minimum absolute atomic E-state index is 0.114. The summed E-state index contributed by atoms with van der Waals surface area (Å²) in [7, 11) is 0. The van der Waals surface area contributed by atoms with E-state index < -0.39 is 0 Å². The maximum atomic E-state index is 13.8. The van der Waals surface area contributed by atoms with Crippen molar-refractivity contribution in [1.29, 1.82) is 0 Å². The lowest BCUT2D eigenvalue weighted by Crippen LogP contribution is -2.36. The topological polar surface area (TPSA) is 12.0 Å². The lowest BCUT2D eigenvalue weighted by molar-refractivity contribution is 0.445. The number of nitrogens with one attached hydrogen (secondary N) is 1. The van der Waals surface area contributed by atoms with Crippen LogP contribution in [0.15, 0.2) is 42.0 Å². The lowest BCUT2D eigenvalue weighted by Gasteiger charge is -2.20. The second kappa shape index (κ2) is 6.54. The van der Waals surface area contributed by atoms with Gasteiger partial charge in [0.15, 0.2) is 0 Å². The summed E-state index contributed by atoms with van der Waals surface area (Å²) in [6.07, 6.45) is 2.16. The molecule has 1 N–H and O–H groups in total. The molecule has 0 saturated carbocycles. The summed E-state index contributed by atoms with van der Waals surface area (Å²) in [5.41, 5.74) is 2.06. The number of hydrogen-bond acceptors (Lipinski definition) is 2. The van der Waals surface area contributed by atoms with Gasteiger partial charge >= 0.3 is 0 Å². The molecule has 0 spiro atoms. The zero-order valence-corrected chi connectivity index (χ0v) is 13.9. The molecule has 1 nitrogen and oxygen atoms in total. The molecule has 0 amide bonds. The summed E-state index contributed by atoms with van der Waals surface area (Å²) < 4.78 is 13.8. The molecule has 1 heterocycles. The van der Waals surface area contributed by atoms with Crippen molar-refractivity contribution >= 4 is 17.4 Å². The Kier molecular flexibility index (Phi) is 4.96. The summed E-state index contributed by atoms with van der Waals surface area (Å²) in [6, 6.07) is 10.9. The number of halogens is 1. The first-order chi connectivity index (χ1) is 9.85. The molecular weight excluding hydrogens is 281 g/mol. The van der Waals surface area contributed by atoms with Gasteiger partial charge in [-0.05, 0) is 52.0 Å². The smallest absolute Gasteiger partial charge is 0.131 e. The minimum Gasteiger partial charge on any atom is -0.308 e. The zero-order valence-electron chi connectivity index (χ0n) is 13.0. The van der Waals surface area contributed by atoms with Crippen LogP contribution in [0, 0.1) is 5.82 Å². The summed E-state index contributed by atoms with van der Waals surface area (Å²) in [6.45, 7) is 9.43. The number of hydrogen-bond donors (Lipinski definition) is 1. The quantitative estimate of drug-likeness (QED) is 0.803. The van der Waals surface area contributed by atoms with Crippen LogP contribution in [0.4, 0.5) is 4.39 Å². The normalized spacial score (nSPS) is 12.7. The third-order valence-corrected chi connectivity index (χ3v) is 4.12. The van der Waals surface area contributed by atoms with Crippen LogP contribution in [0.25, 0.3) is 16.5 Å². The molecule has 0 aliphatic heterocycles. The third kappa shape index (κ3) is 4.80. The molecule has 0 radical (unpaired) electrons. The van der Waals surface area contributed by atoms with Crippen LogP contribution >= 0.6 is 11.3 Å². The molecule has 0 bridgehead atoms. The Hall–Kier alpha value is -1.45. The van der Waals surface area contributed by atoms with Crippen LogP contribution in [-0.2, 0) is 0 Å². The van der Waals surface area contributed by atoms with Gasteiger partial charge in [0.2, 0.25) is 0 Å². The zero-order chi connectivity index (χ0) is 15.5. The van der Waals surface area contributed by atoms with Gasteiger partial charge in [0.25, 0.3) is 0 Å². The van der Waals surface area contributed by atoms with Crippen LogP contribution in [0.5, 0.6) is 0 Å². The SMILES string of the molecule is CC(=Cc1ccc(-c2ccccc2F)s1)CNC(C)(C)C. The van der Waals surface area contributed by atoms with E-state index in [0.29, 0.717) is 5.56 Å². The van der Waals surface area contributed by atoms with Gasteiger partial charge in [0.1, 0.15) is 5.82 Å². The highest BCUT2D eigenvalue weighted by Gasteiger charge is 2.09. The minimum atomic E-state index is -0.166. The van der Waals surface area contributed by atoms with E-state index in [4.69, 9.17) is 0 Å². The van der Waals surface area contributed by atoms with Gasteiger partial charge < -0.3 is 5.32 Å². The molecule has 21 heavy (non-hydrogen) atoms. The van der Waals surface area contributed by atoms with Gasteiger partial charge in [-0.2, -0.15) is 0 Å². The Bertz CT molecular complexity index is 635. The van der Waals surface area contributed by atoms with Gasteiger partial charge in [-0.3, -0.25) is 0 Å². The van der Waals surface area contributed by atoms with Crippen molar-refractivity contribution in [3.63, 3.8) is 0 Å². The Morgan fingerprint density at radius 2 is 1.90 bits per heavy atom. The molecule has 0 fully saturated rings. The van der Waals surface area contributed by atoms with E-state index in [1.54, 1.807) is 17.4 Å². The first-order valence-electron chi connectivity index (χ1n) is 7.12. The average molecular weight is 303 g/mol. The summed E-state index contributed by atoms with van der Waals surface area (Å²) in [4.78, 5) is 2.12. The van der Waals surface area contributed by atoms with Crippen LogP contribution in [0.1, 0.15) is 32.6 Å². The molecule has 0 atom stereocenters. The second-order valence-electron chi connectivity index (χ2n) is 6.28. The number of thiophene rings is 1. The largest absolute Gasteiger partial charge is 0.308 e. The predicted molar refractivity (Wildman–Crippen MR) is 91.1 cm³/mol. The van der Waals surface area contributed by atoms with E-state index in [1.165, 1.54) is 11.6 Å².